The largest absolute Gasteiger partial charge is 0.351 e. The smallest absolute Gasteiger partial charge is 0.224 e. The molecule has 0 spiro atoms. The summed E-state index contributed by atoms with van der Waals surface area (Å²) in [7, 11) is 0. The van der Waals surface area contributed by atoms with Crippen LogP contribution in [0.4, 0.5) is 4.39 Å². The van der Waals surface area contributed by atoms with E-state index in [0.29, 0.717) is 38.8 Å². The van der Waals surface area contributed by atoms with Crippen LogP contribution in [0.25, 0.3) is 0 Å². The molecule has 2 amide bonds. The van der Waals surface area contributed by atoms with Crippen molar-refractivity contribution < 1.29 is 14.0 Å². The number of halogens is 1. The summed E-state index contributed by atoms with van der Waals surface area (Å²) < 4.78 is 12.8. The van der Waals surface area contributed by atoms with Gasteiger partial charge >= 0.3 is 0 Å². The number of allylic oxidation sites excluding steroid dienone is 1. The molecule has 0 radical (unpaired) electrons. The molecule has 1 aromatic rings. The zero-order valence-electron chi connectivity index (χ0n) is 12.6. The number of hydrogen-bond donors (Lipinski definition) is 1. The summed E-state index contributed by atoms with van der Waals surface area (Å²) in [5.41, 5.74) is 0.993. The highest BCUT2D eigenvalue weighted by Gasteiger charge is 2.29. The second-order valence-corrected chi connectivity index (χ2v) is 5.51. The third kappa shape index (κ3) is 4.69. The van der Waals surface area contributed by atoms with E-state index in [-0.39, 0.29) is 23.7 Å². The van der Waals surface area contributed by atoms with Crippen molar-refractivity contribution in [2.45, 2.75) is 31.7 Å². The number of amides is 2. The van der Waals surface area contributed by atoms with Crippen LogP contribution in [0.1, 0.15) is 24.8 Å². The minimum absolute atomic E-state index is 0.0434. The van der Waals surface area contributed by atoms with E-state index in [4.69, 9.17) is 0 Å². The number of nitrogens with zero attached hydrogens (tertiary/aromatic N) is 1. The van der Waals surface area contributed by atoms with Gasteiger partial charge in [-0.3, -0.25) is 9.59 Å². The van der Waals surface area contributed by atoms with E-state index in [1.165, 1.54) is 12.1 Å². The highest BCUT2D eigenvalue weighted by Crippen LogP contribution is 2.13. The Kier molecular flexibility index (Phi) is 5.69. The van der Waals surface area contributed by atoms with Crippen molar-refractivity contribution in [1.29, 1.82) is 0 Å². The van der Waals surface area contributed by atoms with Crippen LogP contribution in [0.3, 0.4) is 0 Å². The fraction of sp³-hybridized carbons (Fsp3) is 0.412. The van der Waals surface area contributed by atoms with E-state index in [1.807, 2.05) is 0 Å². The Balaban J connectivity index is 1.78. The van der Waals surface area contributed by atoms with Crippen LogP contribution in [0.2, 0.25) is 0 Å². The lowest BCUT2D eigenvalue weighted by molar-refractivity contribution is -0.127. The number of carbonyl (C=O) groups is 2. The summed E-state index contributed by atoms with van der Waals surface area (Å²) in [6.45, 7) is 4.71. The van der Waals surface area contributed by atoms with Gasteiger partial charge in [-0.25, -0.2) is 4.39 Å². The Morgan fingerprint density at radius 3 is 2.82 bits per heavy atom. The number of nitrogens with one attached hydrogen (secondary N) is 1. The predicted molar refractivity (Wildman–Crippen MR) is 82.7 cm³/mol. The maximum atomic E-state index is 12.8. The Morgan fingerprint density at radius 2 is 2.14 bits per heavy atom. The lowest BCUT2D eigenvalue weighted by Gasteiger charge is -2.17. The molecule has 1 fully saturated rings. The first-order valence-corrected chi connectivity index (χ1v) is 7.51. The molecular weight excluding hydrogens is 283 g/mol. The van der Waals surface area contributed by atoms with Crippen LogP contribution >= 0.6 is 0 Å². The van der Waals surface area contributed by atoms with Gasteiger partial charge in [0.05, 0.1) is 6.04 Å². The summed E-state index contributed by atoms with van der Waals surface area (Å²) in [6, 6.07) is 6.18. The van der Waals surface area contributed by atoms with Gasteiger partial charge in [-0.2, -0.15) is 0 Å². The highest BCUT2D eigenvalue weighted by molar-refractivity contribution is 5.82. The van der Waals surface area contributed by atoms with Crippen molar-refractivity contribution in [3.63, 3.8) is 0 Å². The molecule has 1 aromatic carbocycles. The van der Waals surface area contributed by atoms with Gasteiger partial charge in [-0.05, 0) is 30.5 Å². The Bertz CT molecular complexity index is 542. The predicted octanol–water partition coefficient (Wildman–Crippen LogP) is 2.05. The van der Waals surface area contributed by atoms with Gasteiger partial charge in [0.25, 0.3) is 0 Å². The third-order valence-electron chi connectivity index (χ3n) is 3.74. The van der Waals surface area contributed by atoms with E-state index >= 15 is 0 Å². The van der Waals surface area contributed by atoms with Crippen molar-refractivity contribution in [1.82, 2.24) is 10.2 Å². The molecule has 1 N–H and O–H groups in total. The number of hydrogen-bond acceptors (Lipinski definition) is 2. The second-order valence-electron chi connectivity index (χ2n) is 5.51. The van der Waals surface area contributed by atoms with Crippen molar-refractivity contribution in [2.24, 2.45) is 0 Å². The quantitative estimate of drug-likeness (QED) is 0.784. The average Bonchev–Trinajstić information content (AvgIpc) is 2.84. The minimum Gasteiger partial charge on any atom is -0.351 e. The van der Waals surface area contributed by atoms with Crippen LogP contribution in [-0.4, -0.2) is 35.8 Å². The van der Waals surface area contributed by atoms with E-state index in [2.05, 4.69) is 11.9 Å². The molecule has 118 valence electrons. The number of likely N-dealkylation sites (tertiary alicyclic amines) is 1. The maximum absolute atomic E-state index is 12.8. The van der Waals surface area contributed by atoms with Crippen LogP contribution in [0, 0.1) is 5.82 Å². The molecule has 1 heterocycles. The van der Waals surface area contributed by atoms with Gasteiger partial charge in [0, 0.05) is 25.9 Å². The molecule has 0 aromatic heterocycles. The van der Waals surface area contributed by atoms with Gasteiger partial charge in [-0.15, -0.1) is 6.58 Å². The van der Waals surface area contributed by atoms with Gasteiger partial charge in [0.1, 0.15) is 5.82 Å². The van der Waals surface area contributed by atoms with E-state index in [9.17, 15) is 14.0 Å². The average molecular weight is 304 g/mol. The summed E-state index contributed by atoms with van der Waals surface area (Å²) >= 11 is 0. The molecule has 1 aliphatic rings. The monoisotopic (exact) mass is 304 g/mol. The second kappa shape index (κ2) is 7.73. The Morgan fingerprint density at radius 1 is 1.41 bits per heavy atom. The maximum Gasteiger partial charge on any atom is 0.224 e. The third-order valence-corrected chi connectivity index (χ3v) is 3.74. The van der Waals surface area contributed by atoms with Crippen LogP contribution < -0.4 is 5.32 Å². The first-order valence-electron chi connectivity index (χ1n) is 7.51. The Hall–Kier alpha value is -2.17. The number of rotatable bonds is 7. The molecular formula is C17H21FN2O2. The molecule has 0 saturated carbocycles. The zero-order valence-corrected chi connectivity index (χ0v) is 12.6. The van der Waals surface area contributed by atoms with Crippen molar-refractivity contribution in [3.05, 3.63) is 48.3 Å². The molecule has 0 aliphatic carbocycles. The van der Waals surface area contributed by atoms with Crippen molar-refractivity contribution in [2.75, 3.05) is 13.1 Å². The molecule has 5 heteroatoms. The molecule has 1 saturated heterocycles. The summed E-state index contributed by atoms with van der Waals surface area (Å²) in [4.78, 5) is 25.4. The zero-order chi connectivity index (χ0) is 15.9. The van der Waals surface area contributed by atoms with Gasteiger partial charge < -0.3 is 10.2 Å². The molecule has 0 unspecified atom stereocenters. The SMILES string of the molecule is C=CCCC(=O)N[C@@H]1CC(=O)N(CCc2ccc(F)cc2)C1. The lowest BCUT2D eigenvalue weighted by Crippen LogP contribution is -2.37. The standard InChI is InChI=1S/C17H21FN2O2/c1-2-3-4-16(21)19-15-11-17(22)20(12-15)10-9-13-5-7-14(18)8-6-13/h2,5-8,15H,1,3-4,9-12H2,(H,19,21)/t15-/m1/s1. The fourth-order valence-corrected chi connectivity index (χ4v) is 2.53. The number of carbonyl (C=O) groups excluding carboxylic acids is 2. The molecule has 2 rings (SSSR count). The molecule has 1 atom stereocenters. The Labute approximate surface area is 130 Å². The summed E-state index contributed by atoms with van der Waals surface area (Å²) in [6.07, 6.45) is 3.78. The summed E-state index contributed by atoms with van der Waals surface area (Å²) in [5.74, 6) is -0.252. The summed E-state index contributed by atoms with van der Waals surface area (Å²) in [5, 5.41) is 2.88. The van der Waals surface area contributed by atoms with E-state index < -0.39 is 0 Å². The molecule has 4 nitrogen and oxygen atoms in total. The van der Waals surface area contributed by atoms with Gasteiger partial charge in [0.15, 0.2) is 0 Å². The molecule has 1 aliphatic heterocycles. The van der Waals surface area contributed by atoms with E-state index in [1.54, 1.807) is 23.1 Å². The first kappa shape index (κ1) is 16.2. The van der Waals surface area contributed by atoms with Crippen LogP contribution in [-0.2, 0) is 16.0 Å². The fourth-order valence-electron chi connectivity index (χ4n) is 2.53. The van der Waals surface area contributed by atoms with Gasteiger partial charge in [-0.1, -0.05) is 18.2 Å². The normalized spacial score (nSPS) is 17.6. The van der Waals surface area contributed by atoms with E-state index in [0.717, 1.165) is 5.56 Å². The minimum atomic E-state index is -0.261. The highest BCUT2D eigenvalue weighted by atomic mass is 19.1. The van der Waals surface area contributed by atoms with Crippen LogP contribution in [0.15, 0.2) is 36.9 Å². The lowest BCUT2D eigenvalue weighted by atomic mass is 10.1. The van der Waals surface area contributed by atoms with Crippen molar-refractivity contribution in [3.8, 4) is 0 Å². The number of benzene rings is 1. The van der Waals surface area contributed by atoms with Crippen molar-refractivity contribution >= 4 is 11.8 Å². The molecule has 0 bridgehead atoms. The first-order chi connectivity index (χ1) is 10.6. The van der Waals surface area contributed by atoms with Crippen LogP contribution in [0.5, 0.6) is 0 Å². The molecule has 22 heavy (non-hydrogen) atoms. The topological polar surface area (TPSA) is 49.4 Å². The van der Waals surface area contributed by atoms with Gasteiger partial charge in [0.2, 0.25) is 11.8 Å².